The molecule has 0 atom stereocenters. The molecule has 3 heterocycles. The van der Waals surface area contributed by atoms with Gasteiger partial charge in [-0.3, -0.25) is 4.79 Å². The molecule has 4 aromatic rings. The Bertz CT molecular complexity index is 1680. The van der Waals surface area contributed by atoms with Gasteiger partial charge in [0.1, 0.15) is 14.1 Å². The Balaban J connectivity index is 1.75. The molecule has 0 saturated carbocycles. The first kappa shape index (κ1) is 29.7. The minimum Gasteiger partial charge on any atom is -0.395 e. The summed E-state index contributed by atoms with van der Waals surface area (Å²) in [6, 6.07) is 4.88. The molecule has 4 rings (SSSR count). The van der Waals surface area contributed by atoms with E-state index < -0.39 is 57.4 Å². The van der Waals surface area contributed by atoms with Crippen molar-refractivity contribution in [3.8, 4) is 11.3 Å². The van der Waals surface area contributed by atoms with Crippen molar-refractivity contribution in [1.29, 1.82) is 0 Å². The molecule has 0 saturated heterocycles. The van der Waals surface area contributed by atoms with Crippen molar-refractivity contribution >= 4 is 50.2 Å². The molecule has 214 valence electrons. The molecular formula is C22H16ClF6N5O4S2. The van der Waals surface area contributed by atoms with Gasteiger partial charge in [-0.15, -0.1) is 11.3 Å². The third-order valence-electron chi connectivity index (χ3n) is 5.51. The topological polar surface area (TPSA) is 117 Å². The zero-order chi connectivity index (χ0) is 29.6. The highest BCUT2D eigenvalue weighted by Gasteiger charge is 2.36. The van der Waals surface area contributed by atoms with Gasteiger partial charge in [0, 0.05) is 19.2 Å². The highest BCUT2D eigenvalue weighted by molar-refractivity contribution is 7.91. The fourth-order valence-corrected chi connectivity index (χ4v) is 6.48. The zero-order valence-electron chi connectivity index (χ0n) is 19.9. The number of benzene rings is 1. The van der Waals surface area contributed by atoms with E-state index in [0.29, 0.717) is 34.1 Å². The number of sulfonamides is 1. The summed E-state index contributed by atoms with van der Waals surface area (Å²) < 4.78 is 106. The number of nitrogens with zero attached hydrogens (tertiary/aromatic N) is 4. The lowest BCUT2D eigenvalue weighted by Crippen LogP contribution is -2.29. The number of hydrogen-bond acceptors (Lipinski definition) is 7. The van der Waals surface area contributed by atoms with E-state index in [9.17, 15) is 39.6 Å². The Morgan fingerprint density at radius 2 is 1.77 bits per heavy atom. The van der Waals surface area contributed by atoms with Crippen LogP contribution in [0.3, 0.4) is 0 Å². The molecule has 2 N–H and O–H groups in total. The first-order chi connectivity index (χ1) is 18.5. The van der Waals surface area contributed by atoms with Gasteiger partial charge in [-0.2, -0.15) is 35.7 Å². The van der Waals surface area contributed by atoms with E-state index in [1.807, 2.05) is 0 Å². The van der Waals surface area contributed by atoms with E-state index in [-0.39, 0.29) is 32.0 Å². The van der Waals surface area contributed by atoms with Crippen LogP contribution < -0.4 is 5.32 Å². The molecule has 0 fully saturated rings. The zero-order valence-corrected chi connectivity index (χ0v) is 22.3. The molecule has 9 nitrogen and oxygen atoms in total. The third-order valence-corrected chi connectivity index (χ3v) is 9.17. The van der Waals surface area contributed by atoms with Crippen LogP contribution in [0.5, 0.6) is 0 Å². The molecular weight excluding hydrogens is 612 g/mol. The first-order valence-corrected chi connectivity index (χ1v) is 13.5. The molecule has 3 aromatic heterocycles. The van der Waals surface area contributed by atoms with E-state index >= 15 is 0 Å². The van der Waals surface area contributed by atoms with E-state index in [1.165, 1.54) is 7.05 Å². The highest BCUT2D eigenvalue weighted by Crippen LogP contribution is 2.37. The normalized spacial score (nSPS) is 12.8. The lowest BCUT2D eigenvalue weighted by molar-refractivity contribution is -0.142. The minimum atomic E-state index is -4.98. The number of alkyl halides is 6. The third kappa shape index (κ3) is 5.78. The van der Waals surface area contributed by atoms with Crippen LogP contribution in [-0.2, 0) is 22.4 Å². The molecule has 0 aliphatic heterocycles. The van der Waals surface area contributed by atoms with Crippen molar-refractivity contribution in [2.24, 2.45) is 0 Å². The molecule has 0 aliphatic carbocycles. The standard InChI is InChI=1S/C22H16ClF6N5O4S2/c1-33(6-7-35)40(37,38)17-9-15(18(23)39-17)32-20(36)13-10-30-34-16(22(27,28)29)8-14(31-19(13)34)11-2-4-12(5-3-11)21(24,25)26/h2-5,8-10,35H,6-7H2,1H3,(H,32,36). The lowest BCUT2D eigenvalue weighted by atomic mass is 10.1. The maximum Gasteiger partial charge on any atom is 0.433 e. The van der Waals surface area contributed by atoms with Crippen LogP contribution in [0.1, 0.15) is 21.6 Å². The number of aromatic nitrogens is 3. The van der Waals surface area contributed by atoms with Crippen LogP contribution in [0, 0.1) is 0 Å². The summed E-state index contributed by atoms with van der Waals surface area (Å²) in [7, 11) is -2.85. The van der Waals surface area contributed by atoms with Gasteiger partial charge in [0.15, 0.2) is 11.3 Å². The number of carbonyl (C=O) groups excluding carboxylic acids is 1. The lowest BCUT2D eigenvalue weighted by Gasteiger charge is -2.13. The molecule has 0 radical (unpaired) electrons. The van der Waals surface area contributed by atoms with Gasteiger partial charge in [-0.25, -0.2) is 17.9 Å². The molecule has 0 spiro atoms. The van der Waals surface area contributed by atoms with Crippen molar-refractivity contribution in [2.45, 2.75) is 16.6 Å². The molecule has 0 bridgehead atoms. The molecule has 1 amide bonds. The Kier molecular flexibility index (Phi) is 7.89. The Labute approximate surface area is 230 Å². The largest absolute Gasteiger partial charge is 0.433 e. The molecule has 18 heteroatoms. The van der Waals surface area contributed by atoms with Gasteiger partial charge in [0.05, 0.1) is 29.7 Å². The Morgan fingerprint density at radius 3 is 2.35 bits per heavy atom. The van der Waals surface area contributed by atoms with Crippen molar-refractivity contribution < 1.29 is 44.7 Å². The number of aliphatic hydroxyl groups excluding tert-OH is 1. The van der Waals surface area contributed by atoms with Crippen LogP contribution in [0.15, 0.2) is 46.8 Å². The fourth-order valence-electron chi connectivity index (χ4n) is 3.47. The predicted molar refractivity (Wildman–Crippen MR) is 133 cm³/mol. The van der Waals surface area contributed by atoms with E-state index in [1.54, 1.807) is 0 Å². The predicted octanol–water partition coefficient (Wildman–Crippen LogP) is 5.01. The maximum absolute atomic E-state index is 13.8. The first-order valence-electron chi connectivity index (χ1n) is 10.9. The average Bonchev–Trinajstić information content (AvgIpc) is 3.46. The summed E-state index contributed by atoms with van der Waals surface area (Å²) in [6.07, 6.45) is -8.85. The number of carbonyl (C=O) groups is 1. The number of amides is 1. The van der Waals surface area contributed by atoms with Crippen molar-refractivity contribution in [1.82, 2.24) is 18.9 Å². The van der Waals surface area contributed by atoms with Gasteiger partial charge in [-0.1, -0.05) is 23.7 Å². The number of fused-ring (bicyclic) bond motifs is 1. The number of aliphatic hydroxyl groups is 1. The number of halogens is 7. The van der Waals surface area contributed by atoms with Gasteiger partial charge >= 0.3 is 12.4 Å². The van der Waals surface area contributed by atoms with Crippen LogP contribution in [-0.4, -0.2) is 58.5 Å². The van der Waals surface area contributed by atoms with Crippen LogP contribution in [0.4, 0.5) is 32.0 Å². The Hall–Kier alpha value is -3.25. The average molecular weight is 628 g/mol. The van der Waals surface area contributed by atoms with Gasteiger partial charge in [0.2, 0.25) is 0 Å². The van der Waals surface area contributed by atoms with E-state index in [0.717, 1.165) is 28.7 Å². The van der Waals surface area contributed by atoms with Crippen LogP contribution in [0.25, 0.3) is 16.9 Å². The number of thiophene rings is 1. The van der Waals surface area contributed by atoms with Crippen molar-refractivity contribution in [3.05, 3.63) is 63.8 Å². The quantitative estimate of drug-likeness (QED) is 0.278. The van der Waals surface area contributed by atoms with E-state index in [2.05, 4.69) is 15.4 Å². The van der Waals surface area contributed by atoms with Gasteiger partial charge < -0.3 is 10.4 Å². The minimum absolute atomic E-state index is 0.0868. The number of nitrogens with one attached hydrogen (secondary N) is 1. The number of likely N-dealkylation sites (N-methyl/N-ethyl adjacent to an activating group) is 1. The number of hydrogen-bond donors (Lipinski definition) is 2. The molecule has 1 aromatic carbocycles. The van der Waals surface area contributed by atoms with Gasteiger partial charge in [0.25, 0.3) is 15.9 Å². The number of rotatable bonds is 7. The summed E-state index contributed by atoms with van der Waals surface area (Å²) in [5, 5.41) is 14.9. The number of anilines is 1. The summed E-state index contributed by atoms with van der Waals surface area (Å²) in [5.74, 6) is -1.03. The highest BCUT2D eigenvalue weighted by atomic mass is 35.5. The molecule has 40 heavy (non-hydrogen) atoms. The van der Waals surface area contributed by atoms with Crippen LogP contribution in [0.2, 0.25) is 4.34 Å². The van der Waals surface area contributed by atoms with Crippen molar-refractivity contribution in [2.75, 3.05) is 25.5 Å². The van der Waals surface area contributed by atoms with Crippen molar-refractivity contribution in [3.63, 3.8) is 0 Å². The summed E-state index contributed by atoms with van der Waals surface area (Å²) in [5.41, 5.74) is -4.02. The van der Waals surface area contributed by atoms with Gasteiger partial charge in [-0.05, 0) is 24.3 Å². The SMILES string of the molecule is CN(CCO)S(=O)(=O)c1cc(NC(=O)c2cnn3c(C(F)(F)F)cc(-c4ccc(C(F)(F)F)cc4)nc23)c(Cl)s1. The molecule has 0 aliphatic rings. The van der Waals surface area contributed by atoms with Crippen LogP contribution >= 0.6 is 22.9 Å². The monoisotopic (exact) mass is 627 g/mol. The second-order valence-corrected chi connectivity index (χ2v) is 12.1. The smallest absolute Gasteiger partial charge is 0.395 e. The maximum atomic E-state index is 13.8. The second-order valence-electron chi connectivity index (χ2n) is 8.15. The summed E-state index contributed by atoms with van der Waals surface area (Å²) in [4.78, 5) is 17.1. The summed E-state index contributed by atoms with van der Waals surface area (Å²) >= 11 is 6.70. The second kappa shape index (κ2) is 10.6. The molecule has 0 unspecified atom stereocenters. The summed E-state index contributed by atoms with van der Waals surface area (Å²) in [6.45, 7) is -0.662. The van der Waals surface area contributed by atoms with E-state index in [4.69, 9.17) is 16.7 Å². The Morgan fingerprint density at radius 1 is 1.12 bits per heavy atom. The fraction of sp³-hybridized carbons (Fsp3) is 0.227.